The molecule has 21 heavy (non-hydrogen) atoms. The normalized spacial score (nSPS) is 20.2. The zero-order valence-electron chi connectivity index (χ0n) is 12.8. The number of halogens is 2. The maximum atomic E-state index is 13.7. The molecular formula is C18H25BrFN. The number of nitrogens with one attached hydrogen (secondary N) is 1. The van der Waals surface area contributed by atoms with E-state index < -0.39 is 0 Å². The van der Waals surface area contributed by atoms with Crippen LogP contribution in [0.1, 0.15) is 63.5 Å². The molecule has 1 nitrogen and oxygen atoms in total. The van der Waals surface area contributed by atoms with Gasteiger partial charge in [0, 0.05) is 4.47 Å². The first-order chi connectivity index (χ1) is 10.2. The minimum absolute atomic E-state index is 0.148. The first kappa shape index (κ1) is 16.7. The van der Waals surface area contributed by atoms with Crippen LogP contribution in [0.25, 0.3) is 0 Å². The summed E-state index contributed by atoms with van der Waals surface area (Å²) in [7, 11) is 0. The van der Waals surface area contributed by atoms with Gasteiger partial charge in [0.2, 0.25) is 0 Å². The molecule has 0 saturated carbocycles. The first-order valence-corrected chi connectivity index (χ1v) is 8.88. The van der Waals surface area contributed by atoms with Gasteiger partial charge in [-0.2, -0.15) is 0 Å². The third-order valence-electron chi connectivity index (χ3n) is 4.01. The number of rotatable bonds is 5. The van der Waals surface area contributed by atoms with Crippen molar-refractivity contribution in [3.63, 3.8) is 0 Å². The largest absolute Gasteiger partial charge is 0.307 e. The molecule has 1 aromatic rings. The summed E-state index contributed by atoms with van der Waals surface area (Å²) in [6, 6.07) is 5.37. The highest BCUT2D eigenvalue weighted by atomic mass is 79.9. The molecule has 0 spiro atoms. The van der Waals surface area contributed by atoms with Crippen molar-refractivity contribution >= 4 is 15.9 Å². The van der Waals surface area contributed by atoms with Crippen LogP contribution in [0.4, 0.5) is 4.39 Å². The summed E-state index contributed by atoms with van der Waals surface area (Å²) in [6.45, 7) is 3.12. The average molecular weight is 354 g/mol. The Morgan fingerprint density at radius 2 is 2.00 bits per heavy atom. The molecule has 0 saturated heterocycles. The van der Waals surface area contributed by atoms with E-state index in [1.165, 1.54) is 37.3 Å². The van der Waals surface area contributed by atoms with Gasteiger partial charge in [0.05, 0.1) is 6.04 Å². The molecule has 0 bridgehead atoms. The SMILES string of the molecule is CCCNC(/C1=C/CCCCCC1)c1cc(F)cc(Br)c1. The van der Waals surface area contributed by atoms with Gasteiger partial charge < -0.3 is 5.32 Å². The summed E-state index contributed by atoms with van der Waals surface area (Å²) in [5, 5.41) is 3.60. The molecule has 2 rings (SSSR count). The van der Waals surface area contributed by atoms with Crippen LogP contribution in [0.15, 0.2) is 34.3 Å². The molecule has 0 fully saturated rings. The summed E-state index contributed by atoms with van der Waals surface area (Å²) < 4.78 is 14.6. The third kappa shape index (κ3) is 5.23. The molecule has 3 heteroatoms. The van der Waals surface area contributed by atoms with Crippen molar-refractivity contribution in [2.45, 2.75) is 57.9 Å². The van der Waals surface area contributed by atoms with Gasteiger partial charge in [-0.3, -0.25) is 0 Å². The van der Waals surface area contributed by atoms with Crippen molar-refractivity contribution in [1.82, 2.24) is 5.32 Å². The Kier molecular flexibility index (Phi) is 6.91. The van der Waals surface area contributed by atoms with Crippen LogP contribution in [-0.4, -0.2) is 6.54 Å². The lowest BCUT2D eigenvalue weighted by Crippen LogP contribution is -2.24. The Labute approximate surface area is 136 Å². The fourth-order valence-corrected chi connectivity index (χ4v) is 3.46. The van der Waals surface area contributed by atoms with E-state index in [2.05, 4.69) is 34.2 Å². The van der Waals surface area contributed by atoms with E-state index in [9.17, 15) is 4.39 Å². The second-order valence-corrected chi connectivity index (χ2v) is 6.74. The van der Waals surface area contributed by atoms with Crippen LogP contribution >= 0.6 is 15.9 Å². The van der Waals surface area contributed by atoms with E-state index in [1.807, 2.05) is 6.07 Å². The highest BCUT2D eigenvalue weighted by Gasteiger charge is 2.17. The lowest BCUT2D eigenvalue weighted by Gasteiger charge is -2.24. The molecular weight excluding hydrogens is 329 g/mol. The summed E-state index contributed by atoms with van der Waals surface area (Å²) in [6.07, 6.45) is 10.9. The van der Waals surface area contributed by atoms with E-state index in [0.29, 0.717) is 0 Å². The molecule has 1 N–H and O–H groups in total. The van der Waals surface area contributed by atoms with Gasteiger partial charge in [-0.15, -0.1) is 0 Å². The van der Waals surface area contributed by atoms with Gasteiger partial charge >= 0.3 is 0 Å². The quantitative estimate of drug-likeness (QED) is 0.648. The molecule has 1 atom stereocenters. The Morgan fingerprint density at radius 1 is 1.19 bits per heavy atom. The van der Waals surface area contributed by atoms with E-state index in [4.69, 9.17) is 0 Å². The highest BCUT2D eigenvalue weighted by molar-refractivity contribution is 9.10. The molecule has 116 valence electrons. The van der Waals surface area contributed by atoms with Crippen molar-refractivity contribution in [2.75, 3.05) is 6.54 Å². The number of hydrogen-bond acceptors (Lipinski definition) is 1. The zero-order valence-corrected chi connectivity index (χ0v) is 14.4. The smallest absolute Gasteiger partial charge is 0.124 e. The van der Waals surface area contributed by atoms with E-state index in [1.54, 1.807) is 6.07 Å². The lowest BCUT2D eigenvalue weighted by atomic mass is 9.91. The van der Waals surface area contributed by atoms with Crippen LogP contribution in [0.3, 0.4) is 0 Å². The molecule has 1 aliphatic carbocycles. The molecule has 1 aromatic carbocycles. The minimum Gasteiger partial charge on any atom is -0.307 e. The van der Waals surface area contributed by atoms with Gasteiger partial charge in [0.15, 0.2) is 0 Å². The predicted octanol–water partition coefficient (Wildman–Crippen LogP) is 5.91. The summed E-state index contributed by atoms with van der Waals surface area (Å²) in [5.74, 6) is -0.172. The summed E-state index contributed by atoms with van der Waals surface area (Å²) in [5.41, 5.74) is 2.46. The van der Waals surface area contributed by atoms with Crippen molar-refractivity contribution in [1.29, 1.82) is 0 Å². The second kappa shape index (κ2) is 8.70. The third-order valence-corrected chi connectivity index (χ3v) is 4.47. The summed E-state index contributed by atoms with van der Waals surface area (Å²) >= 11 is 3.41. The van der Waals surface area contributed by atoms with Crippen molar-refractivity contribution in [3.05, 3.63) is 45.7 Å². The molecule has 0 aliphatic heterocycles. The Morgan fingerprint density at radius 3 is 2.76 bits per heavy atom. The van der Waals surface area contributed by atoms with Crippen molar-refractivity contribution in [2.24, 2.45) is 0 Å². The van der Waals surface area contributed by atoms with Crippen LogP contribution in [0, 0.1) is 5.82 Å². The molecule has 0 heterocycles. The van der Waals surface area contributed by atoms with Gasteiger partial charge in [-0.1, -0.05) is 47.3 Å². The average Bonchev–Trinajstić information content (AvgIpc) is 2.39. The molecule has 0 radical (unpaired) electrons. The van der Waals surface area contributed by atoms with Gasteiger partial charge in [0.25, 0.3) is 0 Å². The van der Waals surface area contributed by atoms with Gasteiger partial charge in [-0.25, -0.2) is 4.39 Å². The number of benzene rings is 1. The Hall–Kier alpha value is -0.670. The fraction of sp³-hybridized carbons (Fsp3) is 0.556. The minimum atomic E-state index is -0.172. The predicted molar refractivity (Wildman–Crippen MR) is 90.9 cm³/mol. The van der Waals surface area contributed by atoms with Crippen molar-refractivity contribution < 1.29 is 4.39 Å². The van der Waals surface area contributed by atoms with Crippen LogP contribution < -0.4 is 5.32 Å². The van der Waals surface area contributed by atoms with Gasteiger partial charge in [-0.05, 0) is 62.4 Å². The van der Waals surface area contributed by atoms with Crippen LogP contribution in [-0.2, 0) is 0 Å². The molecule has 1 unspecified atom stereocenters. The number of hydrogen-bond donors (Lipinski definition) is 1. The van der Waals surface area contributed by atoms with Gasteiger partial charge in [0.1, 0.15) is 5.82 Å². The number of allylic oxidation sites excluding steroid dienone is 1. The van der Waals surface area contributed by atoms with Crippen LogP contribution in [0.5, 0.6) is 0 Å². The second-order valence-electron chi connectivity index (χ2n) is 5.82. The van der Waals surface area contributed by atoms with Crippen LogP contribution in [0.2, 0.25) is 0 Å². The molecule has 0 amide bonds. The first-order valence-electron chi connectivity index (χ1n) is 8.09. The lowest BCUT2D eigenvalue weighted by molar-refractivity contribution is 0.536. The Balaban J connectivity index is 2.27. The Bertz CT molecular complexity index is 464. The standard InChI is InChI=1S/C18H25BrFN/c1-2-10-21-18(14-8-6-4-3-5-7-9-14)15-11-16(19)13-17(20)12-15/h8,11-13,18,21H,2-7,9-10H2,1H3/b14-8+. The maximum Gasteiger partial charge on any atom is 0.124 e. The highest BCUT2D eigenvalue weighted by Crippen LogP contribution is 2.30. The molecule has 1 aliphatic rings. The fourth-order valence-electron chi connectivity index (χ4n) is 2.97. The van der Waals surface area contributed by atoms with E-state index >= 15 is 0 Å². The van der Waals surface area contributed by atoms with E-state index in [0.717, 1.165) is 35.8 Å². The maximum absolute atomic E-state index is 13.7. The monoisotopic (exact) mass is 353 g/mol. The van der Waals surface area contributed by atoms with Crippen molar-refractivity contribution in [3.8, 4) is 0 Å². The topological polar surface area (TPSA) is 12.0 Å². The molecule has 0 aromatic heterocycles. The zero-order chi connectivity index (χ0) is 15.1. The summed E-state index contributed by atoms with van der Waals surface area (Å²) in [4.78, 5) is 0. The van der Waals surface area contributed by atoms with E-state index in [-0.39, 0.29) is 11.9 Å².